The van der Waals surface area contributed by atoms with Gasteiger partial charge in [-0.2, -0.15) is 0 Å². The Morgan fingerprint density at radius 2 is 2.22 bits per heavy atom. The van der Waals surface area contributed by atoms with Gasteiger partial charge in [-0.1, -0.05) is 13.3 Å². The first-order valence-electron chi connectivity index (χ1n) is 3.51. The average molecular weight is 130 g/mol. The molecule has 0 aliphatic carbocycles. The SMILES string of the molecule is CCCC1(CO)COC1. The Morgan fingerprint density at radius 1 is 1.56 bits per heavy atom. The first-order chi connectivity index (χ1) is 4.33. The van der Waals surface area contributed by atoms with Crippen LogP contribution in [0.15, 0.2) is 0 Å². The van der Waals surface area contributed by atoms with Crippen LogP contribution in [0.5, 0.6) is 0 Å². The summed E-state index contributed by atoms with van der Waals surface area (Å²) in [4.78, 5) is 0. The highest BCUT2D eigenvalue weighted by molar-refractivity contribution is 4.83. The highest BCUT2D eigenvalue weighted by Crippen LogP contribution is 2.31. The van der Waals surface area contributed by atoms with Gasteiger partial charge in [0.1, 0.15) is 0 Å². The molecule has 0 saturated carbocycles. The second-order valence-corrected chi connectivity index (χ2v) is 2.90. The van der Waals surface area contributed by atoms with Crippen molar-refractivity contribution in [2.45, 2.75) is 19.8 Å². The second kappa shape index (κ2) is 2.67. The molecular formula is C7H14O2. The fourth-order valence-electron chi connectivity index (χ4n) is 1.24. The summed E-state index contributed by atoms with van der Waals surface area (Å²) in [7, 11) is 0. The van der Waals surface area contributed by atoms with E-state index in [4.69, 9.17) is 9.84 Å². The predicted molar refractivity (Wildman–Crippen MR) is 35.2 cm³/mol. The van der Waals surface area contributed by atoms with E-state index < -0.39 is 0 Å². The van der Waals surface area contributed by atoms with Gasteiger partial charge in [0.25, 0.3) is 0 Å². The van der Waals surface area contributed by atoms with Gasteiger partial charge in [0.2, 0.25) is 0 Å². The first kappa shape index (κ1) is 7.03. The minimum Gasteiger partial charge on any atom is -0.396 e. The third-order valence-corrected chi connectivity index (χ3v) is 1.93. The largest absolute Gasteiger partial charge is 0.396 e. The maximum absolute atomic E-state index is 8.89. The smallest absolute Gasteiger partial charge is 0.0566 e. The average Bonchev–Trinajstić information content (AvgIpc) is 1.79. The molecule has 0 aromatic carbocycles. The normalized spacial score (nSPS) is 23.3. The van der Waals surface area contributed by atoms with E-state index in [9.17, 15) is 0 Å². The quantitative estimate of drug-likeness (QED) is 0.612. The first-order valence-corrected chi connectivity index (χ1v) is 3.51. The van der Waals surface area contributed by atoms with E-state index in [1.54, 1.807) is 0 Å². The molecule has 2 heteroatoms. The lowest BCUT2D eigenvalue weighted by Gasteiger charge is -2.39. The number of aliphatic hydroxyl groups is 1. The van der Waals surface area contributed by atoms with Crippen molar-refractivity contribution in [2.24, 2.45) is 5.41 Å². The van der Waals surface area contributed by atoms with Crippen molar-refractivity contribution in [3.63, 3.8) is 0 Å². The van der Waals surface area contributed by atoms with Crippen LogP contribution in [0.3, 0.4) is 0 Å². The van der Waals surface area contributed by atoms with Crippen LogP contribution in [0, 0.1) is 5.41 Å². The highest BCUT2D eigenvalue weighted by atomic mass is 16.5. The monoisotopic (exact) mass is 130 g/mol. The molecule has 1 aliphatic rings. The van der Waals surface area contributed by atoms with E-state index in [0.29, 0.717) is 6.61 Å². The molecule has 1 fully saturated rings. The Kier molecular flexibility index (Phi) is 2.09. The van der Waals surface area contributed by atoms with Gasteiger partial charge in [-0.3, -0.25) is 0 Å². The van der Waals surface area contributed by atoms with E-state index in [2.05, 4.69) is 6.92 Å². The lowest BCUT2D eigenvalue weighted by atomic mass is 9.82. The number of rotatable bonds is 3. The zero-order valence-electron chi connectivity index (χ0n) is 5.89. The molecule has 0 aromatic rings. The molecule has 1 saturated heterocycles. The number of hydrogen-bond donors (Lipinski definition) is 1. The molecule has 2 nitrogen and oxygen atoms in total. The van der Waals surface area contributed by atoms with Crippen molar-refractivity contribution in [2.75, 3.05) is 19.8 Å². The van der Waals surface area contributed by atoms with Gasteiger partial charge in [0.15, 0.2) is 0 Å². The van der Waals surface area contributed by atoms with Gasteiger partial charge in [-0.25, -0.2) is 0 Å². The molecule has 0 bridgehead atoms. The van der Waals surface area contributed by atoms with Gasteiger partial charge in [0.05, 0.1) is 19.8 Å². The van der Waals surface area contributed by atoms with Crippen molar-refractivity contribution in [3.05, 3.63) is 0 Å². The van der Waals surface area contributed by atoms with E-state index in [1.165, 1.54) is 0 Å². The predicted octanol–water partition coefficient (Wildman–Crippen LogP) is 0.795. The maximum Gasteiger partial charge on any atom is 0.0566 e. The molecule has 1 N–H and O–H groups in total. The van der Waals surface area contributed by atoms with Crippen LogP contribution < -0.4 is 0 Å². The summed E-state index contributed by atoms with van der Waals surface area (Å²) in [6, 6.07) is 0. The molecule has 1 rings (SSSR count). The number of ether oxygens (including phenoxy) is 1. The van der Waals surface area contributed by atoms with Crippen molar-refractivity contribution in [1.82, 2.24) is 0 Å². The molecule has 0 spiro atoms. The number of aliphatic hydroxyl groups excluding tert-OH is 1. The van der Waals surface area contributed by atoms with Crippen LogP contribution >= 0.6 is 0 Å². The molecule has 0 radical (unpaired) electrons. The fourth-order valence-corrected chi connectivity index (χ4v) is 1.24. The third-order valence-electron chi connectivity index (χ3n) is 1.93. The molecule has 1 heterocycles. The van der Waals surface area contributed by atoms with E-state index >= 15 is 0 Å². The molecular weight excluding hydrogens is 116 g/mol. The Balaban J connectivity index is 2.28. The fraction of sp³-hybridized carbons (Fsp3) is 1.00. The minimum atomic E-state index is 0.148. The van der Waals surface area contributed by atoms with Gasteiger partial charge in [-0.15, -0.1) is 0 Å². The summed E-state index contributed by atoms with van der Waals surface area (Å²) in [5.74, 6) is 0. The summed E-state index contributed by atoms with van der Waals surface area (Å²) >= 11 is 0. The van der Waals surface area contributed by atoms with Crippen molar-refractivity contribution >= 4 is 0 Å². The Bertz CT molecular complexity index is 81.4. The zero-order chi connectivity index (χ0) is 6.74. The summed E-state index contributed by atoms with van der Waals surface area (Å²) in [6.45, 7) is 3.95. The van der Waals surface area contributed by atoms with Crippen LogP contribution in [0.25, 0.3) is 0 Å². The lowest BCUT2D eigenvalue weighted by molar-refractivity contribution is -0.140. The number of hydrogen-bond acceptors (Lipinski definition) is 2. The van der Waals surface area contributed by atoms with E-state index in [1.807, 2.05) is 0 Å². The summed E-state index contributed by atoms with van der Waals surface area (Å²) in [6.07, 6.45) is 2.24. The van der Waals surface area contributed by atoms with Gasteiger partial charge < -0.3 is 9.84 Å². The Morgan fingerprint density at radius 3 is 2.33 bits per heavy atom. The molecule has 0 aromatic heterocycles. The molecule has 9 heavy (non-hydrogen) atoms. The van der Waals surface area contributed by atoms with Crippen LogP contribution in [-0.4, -0.2) is 24.9 Å². The van der Waals surface area contributed by atoms with Crippen molar-refractivity contribution < 1.29 is 9.84 Å². The van der Waals surface area contributed by atoms with Crippen LogP contribution in [0.1, 0.15) is 19.8 Å². The van der Waals surface area contributed by atoms with Crippen LogP contribution in [0.2, 0.25) is 0 Å². The molecule has 1 aliphatic heterocycles. The van der Waals surface area contributed by atoms with Crippen LogP contribution in [0.4, 0.5) is 0 Å². The molecule has 0 unspecified atom stereocenters. The summed E-state index contributed by atoms with van der Waals surface area (Å²) < 4.78 is 5.02. The standard InChI is InChI=1S/C7H14O2/c1-2-3-7(4-8)5-9-6-7/h8H,2-6H2,1H3. The molecule has 54 valence electrons. The highest BCUT2D eigenvalue weighted by Gasteiger charge is 2.36. The van der Waals surface area contributed by atoms with Crippen molar-refractivity contribution in [1.29, 1.82) is 0 Å². The Labute approximate surface area is 55.8 Å². The third kappa shape index (κ3) is 1.25. The topological polar surface area (TPSA) is 29.5 Å². The lowest BCUT2D eigenvalue weighted by Crippen LogP contribution is -2.45. The zero-order valence-corrected chi connectivity index (χ0v) is 5.89. The second-order valence-electron chi connectivity index (χ2n) is 2.90. The molecule has 0 atom stereocenters. The van der Waals surface area contributed by atoms with Crippen molar-refractivity contribution in [3.8, 4) is 0 Å². The minimum absolute atomic E-state index is 0.148. The summed E-state index contributed by atoms with van der Waals surface area (Å²) in [5, 5.41) is 8.89. The van der Waals surface area contributed by atoms with Crippen LogP contribution in [-0.2, 0) is 4.74 Å². The van der Waals surface area contributed by atoms with E-state index in [0.717, 1.165) is 26.1 Å². The van der Waals surface area contributed by atoms with E-state index in [-0.39, 0.29) is 5.41 Å². The van der Waals surface area contributed by atoms with Gasteiger partial charge in [0, 0.05) is 5.41 Å². The molecule has 0 amide bonds. The summed E-state index contributed by atoms with van der Waals surface area (Å²) in [5.41, 5.74) is 0.148. The maximum atomic E-state index is 8.89. The van der Waals surface area contributed by atoms with Gasteiger partial charge >= 0.3 is 0 Å². The van der Waals surface area contributed by atoms with Gasteiger partial charge in [-0.05, 0) is 6.42 Å². The Hall–Kier alpha value is -0.0800.